The summed E-state index contributed by atoms with van der Waals surface area (Å²) in [6.45, 7) is 14.3. The molecule has 0 aromatic carbocycles. The molecule has 3 heterocycles. The summed E-state index contributed by atoms with van der Waals surface area (Å²) in [6.07, 6.45) is -14.4. The van der Waals surface area contributed by atoms with Gasteiger partial charge < -0.3 is 32.5 Å². The average Bonchev–Trinajstić information content (AvgIpc) is 3.21. The van der Waals surface area contributed by atoms with Crippen LogP contribution in [0.3, 0.4) is 0 Å². The topological polar surface area (TPSA) is 119 Å². The van der Waals surface area contributed by atoms with Crippen LogP contribution >= 0.6 is 0 Å². The monoisotopic (exact) mass is 721 g/mol. The zero-order valence-electron chi connectivity index (χ0n) is 27.9. The molecule has 4 atom stereocenters. The molecule has 1 N–H and O–H groups in total. The molecule has 270 valence electrons. The van der Waals surface area contributed by atoms with Crippen molar-refractivity contribution in [3.05, 3.63) is 22.7 Å². The Labute approximate surface area is 272 Å². The van der Waals surface area contributed by atoms with Gasteiger partial charge in [-0.05, 0) is 28.2 Å². The second-order valence-electron chi connectivity index (χ2n) is 13.1. The van der Waals surface area contributed by atoms with Gasteiger partial charge in [-0.2, -0.15) is 31.3 Å². The number of nitrogens with zero attached hydrogens (tertiary/aromatic N) is 2. The number of halogens is 6. The smallest absolute Gasteiger partial charge is 0.402 e. The molecule has 2 saturated heterocycles. The van der Waals surface area contributed by atoms with Gasteiger partial charge in [0, 0.05) is 13.1 Å². The molecule has 47 heavy (non-hydrogen) atoms. The summed E-state index contributed by atoms with van der Waals surface area (Å²) in [6, 6.07) is 1.33. The molecule has 1 aromatic rings. The molecule has 2 aliphatic heterocycles. The van der Waals surface area contributed by atoms with Gasteiger partial charge in [0.25, 0.3) is 0 Å². The molecule has 0 saturated carbocycles. The van der Waals surface area contributed by atoms with Crippen LogP contribution < -0.4 is 11.0 Å². The summed E-state index contributed by atoms with van der Waals surface area (Å²) in [7, 11) is -6.33. The molecule has 11 nitrogen and oxygen atoms in total. The lowest BCUT2D eigenvalue weighted by Crippen LogP contribution is -2.66. The van der Waals surface area contributed by atoms with Gasteiger partial charge in [-0.25, -0.2) is 4.79 Å². The fourth-order valence-corrected chi connectivity index (χ4v) is 17.3. The van der Waals surface area contributed by atoms with Crippen LogP contribution in [0.5, 0.6) is 0 Å². The average molecular weight is 722 g/mol. The maximum Gasteiger partial charge on any atom is 0.402 e. The van der Waals surface area contributed by atoms with Crippen LogP contribution in [0.25, 0.3) is 0 Å². The van der Waals surface area contributed by atoms with Crippen LogP contribution in [0.1, 0.15) is 68.5 Å². The Morgan fingerprint density at radius 2 is 1.55 bits per heavy atom. The van der Waals surface area contributed by atoms with Crippen molar-refractivity contribution in [1.29, 1.82) is 0 Å². The Balaban J connectivity index is 2.07. The molecule has 3 rings (SSSR count). The van der Waals surface area contributed by atoms with E-state index in [2.05, 4.69) is 10.3 Å². The van der Waals surface area contributed by atoms with Gasteiger partial charge in [0.2, 0.25) is 5.91 Å². The van der Waals surface area contributed by atoms with Crippen molar-refractivity contribution in [2.24, 2.45) is 5.92 Å². The largest absolute Gasteiger partial charge is 0.414 e. The van der Waals surface area contributed by atoms with E-state index in [-0.39, 0.29) is 34.6 Å². The van der Waals surface area contributed by atoms with Crippen molar-refractivity contribution in [1.82, 2.24) is 9.55 Å². The molecule has 2 fully saturated rings. The van der Waals surface area contributed by atoms with E-state index in [1.54, 1.807) is 0 Å². The van der Waals surface area contributed by atoms with E-state index in [1.807, 2.05) is 55.4 Å². The third kappa shape index (κ3) is 8.65. The van der Waals surface area contributed by atoms with Gasteiger partial charge in [0.1, 0.15) is 30.9 Å². The predicted molar refractivity (Wildman–Crippen MR) is 162 cm³/mol. The van der Waals surface area contributed by atoms with Gasteiger partial charge in [-0.1, -0.05) is 55.4 Å². The summed E-state index contributed by atoms with van der Waals surface area (Å²) < 4.78 is 118. The number of anilines is 1. The van der Waals surface area contributed by atoms with Crippen LogP contribution in [-0.4, -0.2) is 83.3 Å². The fraction of sp³-hybridized carbons (Fsp3) is 0.821. The van der Waals surface area contributed by atoms with E-state index < -0.39 is 84.9 Å². The molecule has 2 aliphatic rings. The summed E-state index contributed by atoms with van der Waals surface area (Å²) in [5.41, 5.74) is -1.18. The summed E-state index contributed by atoms with van der Waals surface area (Å²) >= 11 is 0. The summed E-state index contributed by atoms with van der Waals surface area (Å²) in [4.78, 5) is 28.5. The molecular weight excluding hydrogens is 676 g/mol. The van der Waals surface area contributed by atoms with E-state index >= 15 is 0 Å². The van der Waals surface area contributed by atoms with Gasteiger partial charge in [-0.15, -0.1) is 0 Å². The lowest BCUT2D eigenvalue weighted by Gasteiger charge is -2.51. The van der Waals surface area contributed by atoms with Crippen molar-refractivity contribution in [3.63, 3.8) is 0 Å². The number of alkyl halides is 6. The first-order chi connectivity index (χ1) is 21.6. The number of aromatic nitrogens is 2. The Bertz CT molecular complexity index is 1250. The maximum atomic E-state index is 13.2. The molecule has 0 spiro atoms. The zero-order chi connectivity index (χ0) is 35.7. The number of carbonyl (C=O) groups is 1. The summed E-state index contributed by atoms with van der Waals surface area (Å²) in [5, 5.41) is 2.39. The molecule has 0 bridgehead atoms. The van der Waals surface area contributed by atoms with Crippen molar-refractivity contribution in [2.75, 3.05) is 25.3 Å². The van der Waals surface area contributed by atoms with Crippen molar-refractivity contribution < 1.29 is 58.3 Å². The molecule has 19 heteroatoms. The van der Waals surface area contributed by atoms with E-state index in [1.165, 1.54) is 19.2 Å². The number of rotatable bonds is 11. The zero-order valence-corrected chi connectivity index (χ0v) is 29.9. The van der Waals surface area contributed by atoms with Crippen molar-refractivity contribution in [2.45, 2.75) is 121 Å². The lowest BCUT2D eigenvalue weighted by molar-refractivity contribution is -0.299. The van der Waals surface area contributed by atoms with Crippen molar-refractivity contribution in [3.8, 4) is 0 Å². The number of nitrogens with one attached hydrogen (secondary N) is 1. The van der Waals surface area contributed by atoms with Gasteiger partial charge in [0.05, 0.1) is 13.2 Å². The van der Waals surface area contributed by atoms with E-state index in [4.69, 9.17) is 27.2 Å². The summed E-state index contributed by atoms with van der Waals surface area (Å²) in [5.74, 6) is -4.25. The minimum absolute atomic E-state index is 0.00646. The first-order valence-corrected chi connectivity index (χ1v) is 19.4. The van der Waals surface area contributed by atoms with Crippen LogP contribution in [0.15, 0.2) is 17.1 Å². The quantitative estimate of drug-likeness (QED) is 0.124. The standard InChI is InChI=1S/C28H45F6N3O8Si2/c1-15(2)46(16(3)4)42-12-20-23(44-47(45-46,17(5)6)18(7)8)24(41-14-40-13-21(27(29,30)31)28(32,33)34)25(43-20)37-11-10-22(35-19(9)38)36-26(37)39/h10-11,15-18,20-21,23-25H,12-14H2,1-9H3,(H,35,36,38,39)/t20-,23?,24?,25-/m1/s1. The molecule has 1 aromatic heterocycles. The highest BCUT2D eigenvalue weighted by Gasteiger charge is 2.62. The number of ether oxygens (including phenoxy) is 3. The Morgan fingerprint density at radius 1 is 1.00 bits per heavy atom. The van der Waals surface area contributed by atoms with Crippen LogP contribution in [-0.2, 0) is 32.0 Å². The maximum absolute atomic E-state index is 13.2. The predicted octanol–water partition coefficient (Wildman–Crippen LogP) is 6.16. The highest BCUT2D eigenvalue weighted by molar-refractivity contribution is 6.84. The highest BCUT2D eigenvalue weighted by Crippen LogP contribution is 2.49. The second-order valence-corrected chi connectivity index (χ2v) is 21.9. The minimum Gasteiger partial charge on any atom is -0.414 e. The molecule has 0 radical (unpaired) electrons. The molecular formula is C28H45F6N3O8Si2. The third-order valence-electron chi connectivity index (χ3n) is 8.44. The SMILES string of the molecule is CC(=O)Nc1ccn([C@@H]2O[C@@H]3CO[Si](C(C)C)(C(C)C)O[Si](C(C)C)(C(C)C)OC3C2OCOCC(C(F)(F)F)C(F)(F)F)c(=O)n1. The van der Waals surface area contributed by atoms with Gasteiger partial charge >= 0.3 is 35.2 Å². The lowest BCUT2D eigenvalue weighted by atomic mass is 10.1. The number of carbonyl (C=O) groups excluding carboxylic acids is 1. The van der Waals surface area contributed by atoms with E-state index in [9.17, 15) is 35.9 Å². The number of amides is 1. The Kier molecular flexibility index (Phi) is 12.6. The first-order valence-electron chi connectivity index (χ1n) is 15.4. The minimum atomic E-state index is -5.60. The van der Waals surface area contributed by atoms with Crippen LogP contribution in [0.2, 0.25) is 22.2 Å². The number of fused-ring (bicyclic) bond motifs is 1. The Morgan fingerprint density at radius 3 is 2.02 bits per heavy atom. The molecule has 0 aliphatic carbocycles. The second kappa shape index (κ2) is 14.9. The normalized spacial score (nSPS) is 25.0. The van der Waals surface area contributed by atoms with Crippen LogP contribution in [0, 0.1) is 5.92 Å². The third-order valence-corrected chi connectivity index (χ3v) is 18.7. The van der Waals surface area contributed by atoms with Gasteiger partial charge in [0.15, 0.2) is 12.1 Å². The van der Waals surface area contributed by atoms with Crippen LogP contribution in [0.4, 0.5) is 32.2 Å². The fourth-order valence-electron chi connectivity index (χ4n) is 6.05. The first kappa shape index (κ1) is 39.6. The Hall–Kier alpha value is -1.88. The number of hydrogen-bond acceptors (Lipinski definition) is 9. The van der Waals surface area contributed by atoms with Crippen molar-refractivity contribution >= 4 is 28.8 Å². The van der Waals surface area contributed by atoms with E-state index in [0.29, 0.717) is 0 Å². The van der Waals surface area contributed by atoms with E-state index in [0.717, 1.165) is 4.57 Å². The number of hydrogen-bond donors (Lipinski definition) is 1. The highest BCUT2D eigenvalue weighted by atomic mass is 28.5. The molecule has 2 unspecified atom stereocenters. The van der Waals surface area contributed by atoms with Gasteiger partial charge in [-0.3, -0.25) is 9.36 Å². The molecule has 1 amide bonds.